The van der Waals surface area contributed by atoms with E-state index in [2.05, 4.69) is 35.6 Å². The van der Waals surface area contributed by atoms with Crippen LogP contribution in [0.25, 0.3) is 10.8 Å². The highest BCUT2D eigenvalue weighted by Crippen LogP contribution is 2.38. The summed E-state index contributed by atoms with van der Waals surface area (Å²) in [6.07, 6.45) is 0.577. The number of hydrogen-bond acceptors (Lipinski definition) is 5. The van der Waals surface area contributed by atoms with Gasteiger partial charge in [0.05, 0.1) is 26.0 Å². The minimum atomic E-state index is -0.150. The number of fused-ring (bicyclic) bond motifs is 1. The van der Waals surface area contributed by atoms with Gasteiger partial charge in [0.2, 0.25) is 0 Å². The highest BCUT2D eigenvalue weighted by atomic mass is 32.1. The SMILES string of the molecule is COc1cccc(NC(=S)N2N=C(c3ccc(OC)cc3O)CC2c2cccc3ccccc23)c1. The molecule has 0 saturated heterocycles. The molecule has 35 heavy (non-hydrogen) atoms. The molecule has 0 bridgehead atoms. The van der Waals surface area contributed by atoms with Crippen LogP contribution in [0.4, 0.5) is 5.69 Å². The van der Waals surface area contributed by atoms with Gasteiger partial charge < -0.3 is 19.9 Å². The standard InChI is InChI=1S/C28H25N3O3S/c1-33-20-10-6-9-19(15-20)29-28(35)31-26(23-12-5-8-18-7-3-4-11-22(18)23)17-25(30-31)24-14-13-21(34-2)16-27(24)32/h3-16,26,32H,17H2,1-2H3,(H,29,35). The molecule has 1 atom stereocenters. The molecule has 4 aromatic rings. The number of thiocarbonyl (C=S) groups is 1. The number of phenols is 1. The minimum absolute atomic E-state index is 0.119. The molecule has 0 aromatic heterocycles. The lowest BCUT2D eigenvalue weighted by molar-refractivity contribution is 0.377. The lowest BCUT2D eigenvalue weighted by Gasteiger charge is -2.26. The molecule has 1 heterocycles. The fraction of sp³-hybridized carbons (Fsp3) is 0.143. The Hall–Kier alpha value is -4.10. The molecule has 0 fully saturated rings. The number of hydrazone groups is 1. The summed E-state index contributed by atoms with van der Waals surface area (Å²) in [6.45, 7) is 0. The first-order valence-corrected chi connectivity index (χ1v) is 11.6. The number of ether oxygens (including phenoxy) is 2. The van der Waals surface area contributed by atoms with Crippen molar-refractivity contribution in [3.05, 3.63) is 96.1 Å². The summed E-state index contributed by atoms with van der Waals surface area (Å²) in [5, 5.41) is 23.5. The van der Waals surface area contributed by atoms with Crippen LogP contribution in [0.15, 0.2) is 90.0 Å². The zero-order valence-electron chi connectivity index (χ0n) is 19.4. The van der Waals surface area contributed by atoms with Crippen molar-refractivity contribution in [2.75, 3.05) is 19.5 Å². The van der Waals surface area contributed by atoms with E-state index in [1.165, 1.54) is 0 Å². The topological polar surface area (TPSA) is 66.3 Å². The molecule has 0 saturated carbocycles. The normalized spacial score (nSPS) is 15.1. The number of nitrogens with one attached hydrogen (secondary N) is 1. The predicted molar refractivity (Wildman–Crippen MR) is 144 cm³/mol. The van der Waals surface area contributed by atoms with Crippen LogP contribution in [0.1, 0.15) is 23.6 Å². The number of benzene rings is 4. The van der Waals surface area contributed by atoms with Gasteiger partial charge in [0.25, 0.3) is 0 Å². The van der Waals surface area contributed by atoms with Crippen molar-refractivity contribution >= 4 is 39.5 Å². The van der Waals surface area contributed by atoms with E-state index in [-0.39, 0.29) is 11.8 Å². The first kappa shape index (κ1) is 22.7. The van der Waals surface area contributed by atoms with Crippen molar-refractivity contribution in [1.82, 2.24) is 5.01 Å². The van der Waals surface area contributed by atoms with Crippen molar-refractivity contribution in [1.29, 1.82) is 0 Å². The van der Waals surface area contributed by atoms with Gasteiger partial charge >= 0.3 is 0 Å². The van der Waals surface area contributed by atoms with Crippen LogP contribution in [0.3, 0.4) is 0 Å². The summed E-state index contributed by atoms with van der Waals surface area (Å²) in [5.74, 6) is 1.44. The monoisotopic (exact) mass is 483 g/mol. The molecular formula is C28H25N3O3S. The van der Waals surface area contributed by atoms with Crippen molar-refractivity contribution in [2.45, 2.75) is 12.5 Å². The van der Waals surface area contributed by atoms with Crippen LogP contribution < -0.4 is 14.8 Å². The van der Waals surface area contributed by atoms with Gasteiger partial charge in [-0.3, -0.25) is 0 Å². The van der Waals surface area contributed by atoms with Crippen molar-refractivity contribution < 1.29 is 14.6 Å². The average molecular weight is 484 g/mol. The molecule has 7 heteroatoms. The van der Waals surface area contributed by atoms with Crippen LogP contribution in [-0.4, -0.2) is 35.2 Å². The van der Waals surface area contributed by atoms with E-state index in [9.17, 15) is 5.11 Å². The predicted octanol–water partition coefficient (Wildman–Crippen LogP) is 6.11. The number of methoxy groups -OCH3 is 2. The Bertz CT molecular complexity index is 1430. The van der Waals surface area contributed by atoms with E-state index in [4.69, 9.17) is 26.8 Å². The fourth-order valence-electron chi connectivity index (χ4n) is 4.41. The van der Waals surface area contributed by atoms with Crippen LogP contribution >= 0.6 is 12.2 Å². The van der Waals surface area contributed by atoms with Crippen molar-refractivity contribution in [3.63, 3.8) is 0 Å². The van der Waals surface area contributed by atoms with Gasteiger partial charge in [0.15, 0.2) is 5.11 Å². The Morgan fingerprint density at radius 1 is 0.943 bits per heavy atom. The molecule has 6 nitrogen and oxygen atoms in total. The molecule has 0 aliphatic carbocycles. The molecule has 1 aliphatic heterocycles. The first-order chi connectivity index (χ1) is 17.1. The minimum Gasteiger partial charge on any atom is -0.507 e. The Morgan fingerprint density at radius 2 is 1.69 bits per heavy atom. The van der Waals surface area contributed by atoms with Crippen molar-refractivity contribution in [3.8, 4) is 17.2 Å². The summed E-state index contributed by atoms with van der Waals surface area (Å²) in [7, 11) is 3.20. The first-order valence-electron chi connectivity index (χ1n) is 11.2. The number of hydrogen-bond donors (Lipinski definition) is 2. The highest BCUT2D eigenvalue weighted by molar-refractivity contribution is 7.80. The Balaban J connectivity index is 1.55. The van der Waals surface area contributed by atoms with Gasteiger partial charge in [-0.2, -0.15) is 5.10 Å². The molecule has 2 N–H and O–H groups in total. The second-order valence-corrected chi connectivity index (χ2v) is 8.61. The van der Waals surface area contributed by atoms with E-state index >= 15 is 0 Å². The average Bonchev–Trinajstić information content (AvgIpc) is 3.33. The van der Waals surface area contributed by atoms with Crippen LogP contribution in [0, 0.1) is 0 Å². The summed E-state index contributed by atoms with van der Waals surface area (Å²) in [5.41, 5.74) is 3.33. The van der Waals surface area contributed by atoms with Gasteiger partial charge in [-0.1, -0.05) is 48.5 Å². The molecule has 4 aromatic carbocycles. The maximum absolute atomic E-state index is 10.7. The van der Waals surface area contributed by atoms with Gasteiger partial charge in [0, 0.05) is 29.8 Å². The molecule has 1 aliphatic rings. The zero-order valence-corrected chi connectivity index (χ0v) is 20.3. The van der Waals surface area contributed by atoms with Crippen molar-refractivity contribution in [2.24, 2.45) is 5.10 Å². The van der Waals surface area contributed by atoms with E-state index < -0.39 is 0 Å². The number of anilines is 1. The maximum Gasteiger partial charge on any atom is 0.194 e. The second-order valence-electron chi connectivity index (χ2n) is 8.22. The third-order valence-corrected chi connectivity index (χ3v) is 6.43. The summed E-state index contributed by atoms with van der Waals surface area (Å²) < 4.78 is 10.6. The molecule has 0 spiro atoms. The van der Waals surface area contributed by atoms with Gasteiger partial charge in [-0.15, -0.1) is 0 Å². The molecule has 5 rings (SSSR count). The smallest absolute Gasteiger partial charge is 0.194 e. The summed E-state index contributed by atoms with van der Waals surface area (Å²) >= 11 is 5.83. The molecule has 0 radical (unpaired) electrons. The molecular weight excluding hydrogens is 458 g/mol. The summed E-state index contributed by atoms with van der Waals surface area (Å²) in [4.78, 5) is 0. The van der Waals surface area contributed by atoms with E-state index in [0.29, 0.717) is 22.8 Å². The van der Waals surface area contributed by atoms with Crippen LogP contribution in [0.2, 0.25) is 0 Å². The third-order valence-electron chi connectivity index (χ3n) is 6.14. The third kappa shape index (κ3) is 4.50. The van der Waals surface area contributed by atoms with E-state index in [0.717, 1.165) is 33.5 Å². The number of phenolic OH excluding ortho intramolecular Hbond substituents is 1. The Labute approximate surface area is 209 Å². The van der Waals surface area contributed by atoms with Gasteiger partial charge in [-0.05, 0) is 52.8 Å². The maximum atomic E-state index is 10.7. The Kier molecular flexibility index (Phi) is 6.25. The molecule has 1 unspecified atom stereocenters. The fourth-order valence-corrected chi connectivity index (χ4v) is 4.69. The highest BCUT2D eigenvalue weighted by Gasteiger charge is 2.33. The number of nitrogens with zero attached hydrogens (tertiary/aromatic N) is 2. The Morgan fingerprint density at radius 3 is 2.49 bits per heavy atom. The van der Waals surface area contributed by atoms with Crippen LogP contribution in [-0.2, 0) is 0 Å². The largest absolute Gasteiger partial charge is 0.507 e. The summed E-state index contributed by atoms with van der Waals surface area (Å²) in [6, 6.07) is 27.2. The lowest BCUT2D eigenvalue weighted by Crippen LogP contribution is -2.31. The van der Waals surface area contributed by atoms with E-state index in [1.54, 1.807) is 20.3 Å². The van der Waals surface area contributed by atoms with Gasteiger partial charge in [0.1, 0.15) is 17.2 Å². The van der Waals surface area contributed by atoms with E-state index in [1.807, 2.05) is 53.5 Å². The number of rotatable bonds is 5. The lowest BCUT2D eigenvalue weighted by atomic mass is 9.94. The number of aromatic hydroxyl groups is 1. The second kappa shape index (κ2) is 9.64. The van der Waals surface area contributed by atoms with Gasteiger partial charge in [-0.25, -0.2) is 5.01 Å². The van der Waals surface area contributed by atoms with Crippen LogP contribution in [0.5, 0.6) is 17.2 Å². The zero-order chi connectivity index (χ0) is 24.4. The quantitative estimate of drug-likeness (QED) is 0.334. The molecule has 0 amide bonds. The molecule has 176 valence electrons.